The molecule has 0 saturated heterocycles. The maximum absolute atomic E-state index is 11.7. The molecule has 33 heavy (non-hydrogen) atoms. The smallest absolute Gasteiger partial charge is 0.0626 e. The summed E-state index contributed by atoms with van der Waals surface area (Å²) in [7, 11) is 0. The van der Waals surface area contributed by atoms with Crippen molar-refractivity contribution >= 4 is 0 Å². The quantitative estimate of drug-likeness (QED) is 0.447. The van der Waals surface area contributed by atoms with E-state index in [0.29, 0.717) is 29.6 Å². The molecule has 0 amide bonds. The summed E-state index contributed by atoms with van der Waals surface area (Å²) in [5, 5.41) is 33.3. The van der Waals surface area contributed by atoms with E-state index in [0.717, 1.165) is 32.1 Å². The molecule has 5 aliphatic rings. The Morgan fingerprint density at radius 2 is 1.52 bits per heavy atom. The Morgan fingerprint density at radius 1 is 0.818 bits per heavy atom. The number of allylic oxidation sites excluding steroid dienone is 1. The first-order chi connectivity index (χ1) is 15.3. The van der Waals surface area contributed by atoms with E-state index >= 15 is 0 Å². The van der Waals surface area contributed by atoms with Crippen LogP contribution in [0.1, 0.15) is 99.3 Å². The molecule has 0 aromatic carbocycles. The van der Waals surface area contributed by atoms with Gasteiger partial charge in [0, 0.05) is 5.41 Å². The average Bonchev–Trinajstić information content (AvgIpc) is 3.13. The molecule has 0 spiro atoms. The van der Waals surface area contributed by atoms with Crippen LogP contribution in [0.2, 0.25) is 0 Å². The van der Waals surface area contributed by atoms with Crippen LogP contribution in [-0.2, 0) is 0 Å². The van der Waals surface area contributed by atoms with E-state index < -0.39 is 6.10 Å². The van der Waals surface area contributed by atoms with Gasteiger partial charge in [0.25, 0.3) is 0 Å². The van der Waals surface area contributed by atoms with Crippen LogP contribution in [-0.4, -0.2) is 34.1 Å². The van der Waals surface area contributed by atoms with Gasteiger partial charge in [-0.3, -0.25) is 0 Å². The first-order valence-electron chi connectivity index (χ1n) is 13.9. The molecule has 3 heteroatoms. The molecule has 3 N–H and O–H groups in total. The Hall–Kier alpha value is -0.380. The van der Waals surface area contributed by atoms with Crippen molar-refractivity contribution in [2.75, 3.05) is 6.61 Å². The molecule has 5 fully saturated rings. The summed E-state index contributed by atoms with van der Waals surface area (Å²) < 4.78 is 0. The van der Waals surface area contributed by atoms with Crippen LogP contribution < -0.4 is 0 Å². The highest BCUT2D eigenvalue weighted by Gasteiger charge is 2.72. The van der Waals surface area contributed by atoms with Crippen molar-refractivity contribution in [3.63, 3.8) is 0 Å². The van der Waals surface area contributed by atoms with Crippen molar-refractivity contribution in [3.05, 3.63) is 12.2 Å². The molecule has 3 nitrogen and oxygen atoms in total. The highest BCUT2D eigenvalue weighted by atomic mass is 16.3. The summed E-state index contributed by atoms with van der Waals surface area (Å²) in [6, 6.07) is 0. The minimum Gasteiger partial charge on any atom is -0.396 e. The third-order valence-corrected chi connectivity index (χ3v) is 13.6. The fraction of sp³-hybridized carbons (Fsp3) is 0.933. The standard InChI is InChI=1S/C30H50O3/c1-18(2)19-10-15-30(17-31)24(33)16-29(7)20(25(19)30)8-9-22-27(5)13-12-23(32)26(3,4)21(27)11-14-28(22,29)6/h19-25,31-33H,1,8-17H2,2-7H3/t19-,20+,21+,22+,23-,24-,25+,27-,28+,29+,30-/m0/s1. The summed E-state index contributed by atoms with van der Waals surface area (Å²) in [6.07, 6.45) is 9.12. The Balaban J connectivity index is 1.58. The number of aliphatic hydroxyl groups is 3. The SMILES string of the molecule is C=C(C)[C@@H]1CC[C@@]2(CO)[C@H]1[C@H]1CC[C@@H]3[C@@]4(C)CC[C@H](O)C(C)(C)[C@H]4CC[C@@]3(C)[C@]1(C)C[C@@H]2O. The summed E-state index contributed by atoms with van der Waals surface area (Å²) in [6.45, 7) is 18.9. The Labute approximate surface area is 202 Å². The van der Waals surface area contributed by atoms with E-state index in [9.17, 15) is 15.3 Å². The number of aliphatic hydroxyl groups excluding tert-OH is 3. The van der Waals surface area contributed by atoms with Crippen LogP contribution in [0.3, 0.4) is 0 Å². The second-order valence-electron chi connectivity index (χ2n) is 14.7. The zero-order chi connectivity index (χ0) is 24.2. The fourth-order valence-electron chi connectivity index (χ4n) is 11.6. The molecule has 0 aromatic heterocycles. The van der Waals surface area contributed by atoms with Crippen LogP contribution >= 0.6 is 0 Å². The Kier molecular flexibility index (Phi) is 5.40. The van der Waals surface area contributed by atoms with E-state index in [2.05, 4.69) is 48.1 Å². The highest BCUT2D eigenvalue weighted by Crippen LogP contribution is 2.77. The van der Waals surface area contributed by atoms with Gasteiger partial charge >= 0.3 is 0 Å². The van der Waals surface area contributed by atoms with Gasteiger partial charge in [-0.1, -0.05) is 46.8 Å². The first-order valence-corrected chi connectivity index (χ1v) is 13.9. The number of hydrogen-bond acceptors (Lipinski definition) is 3. The first kappa shape index (κ1) is 24.3. The van der Waals surface area contributed by atoms with Gasteiger partial charge in [0.15, 0.2) is 0 Å². The predicted molar refractivity (Wildman–Crippen MR) is 133 cm³/mol. The van der Waals surface area contributed by atoms with Crippen molar-refractivity contribution in [1.82, 2.24) is 0 Å². The predicted octanol–water partition coefficient (Wildman–Crippen LogP) is 5.97. The molecule has 188 valence electrons. The van der Waals surface area contributed by atoms with E-state index in [1.165, 1.54) is 31.3 Å². The van der Waals surface area contributed by atoms with Crippen molar-refractivity contribution in [2.24, 2.45) is 56.7 Å². The van der Waals surface area contributed by atoms with E-state index in [-0.39, 0.29) is 39.8 Å². The molecule has 0 bridgehead atoms. The topological polar surface area (TPSA) is 60.7 Å². The van der Waals surface area contributed by atoms with E-state index in [1.54, 1.807) is 0 Å². The van der Waals surface area contributed by atoms with Crippen LogP contribution in [0.25, 0.3) is 0 Å². The van der Waals surface area contributed by atoms with Gasteiger partial charge in [0.1, 0.15) is 0 Å². The van der Waals surface area contributed by atoms with Gasteiger partial charge in [-0.15, -0.1) is 0 Å². The second-order valence-corrected chi connectivity index (χ2v) is 14.7. The minimum absolute atomic E-state index is 0.0271. The molecule has 0 radical (unpaired) electrons. The monoisotopic (exact) mass is 458 g/mol. The van der Waals surface area contributed by atoms with Gasteiger partial charge in [0.05, 0.1) is 18.8 Å². The molecular weight excluding hydrogens is 408 g/mol. The molecule has 5 aliphatic carbocycles. The lowest BCUT2D eigenvalue weighted by Crippen LogP contribution is -2.68. The van der Waals surface area contributed by atoms with Gasteiger partial charge in [-0.05, 0) is 116 Å². The summed E-state index contributed by atoms with van der Waals surface area (Å²) in [5.74, 6) is 2.51. The Bertz CT molecular complexity index is 819. The minimum atomic E-state index is -0.427. The van der Waals surface area contributed by atoms with E-state index in [4.69, 9.17) is 0 Å². The summed E-state index contributed by atoms with van der Waals surface area (Å²) in [4.78, 5) is 0. The Morgan fingerprint density at radius 3 is 2.15 bits per heavy atom. The third kappa shape index (κ3) is 2.80. The maximum atomic E-state index is 11.7. The molecule has 0 heterocycles. The lowest BCUT2D eigenvalue weighted by atomic mass is 9.32. The number of hydrogen-bond donors (Lipinski definition) is 3. The van der Waals surface area contributed by atoms with Gasteiger partial charge in [-0.25, -0.2) is 0 Å². The lowest BCUT2D eigenvalue weighted by molar-refractivity contribution is -0.266. The lowest BCUT2D eigenvalue weighted by Gasteiger charge is -2.73. The van der Waals surface area contributed by atoms with Crippen LogP contribution in [0.5, 0.6) is 0 Å². The number of rotatable bonds is 2. The van der Waals surface area contributed by atoms with Gasteiger partial charge in [0.2, 0.25) is 0 Å². The van der Waals surface area contributed by atoms with Crippen LogP contribution in [0.15, 0.2) is 12.2 Å². The third-order valence-electron chi connectivity index (χ3n) is 13.6. The average molecular weight is 459 g/mol. The molecule has 5 saturated carbocycles. The van der Waals surface area contributed by atoms with Crippen molar-refractivity contribution < 1.29 is 15.3 Å². The van der Waals surface area contributed by atoms with E-state index in [1.807, 2.05) is 0 Å². The summed E-state index contributed by atoms with van der Waals surface area (Å²) in [5.41, 5.74) is 1.40. The molecule has 11 atom stereocenters. The van der Waals surface area contributed by atoms with Crippen LogP contribution in [0.4, 0.5) is 0 Å². The van der Waals surface area contributed by atoms with Crippen molar-refractivity contribution in [1.29, 1.82) is 0 Å². The normalized spacial score (nSPS) is 57.4. The fourth-order valence-corrected chi connectivity index (χ4v) is 11.6. The zero-order valence-electron chi connectivity index (χ0n) is 22.2. The van der Waals surface area contributed by atoms with Gasteiger partial charge < -0.3 is 15.3 Å². The summed E-state index contributed by atoms with van der Waals surface area (Å²) >= 11 is 0. The molecule has 0 unspecified atom stereocenters. The zero-order valence-corrected chi connectivity index (χ0v) is 22.2. The van der Waals surface area contributed by atoms with Gasteiger partial charge in [-0.2, -0.15) is 0 Å². The number of fused-ring (bicyclic) bond motifs is 7. The molecule has 0 aromatic rings. The van der Waals surface area contributed by atoms with Crippen molar-refractivity contribution in [3.8, 4) is 0 Å². The highest BCUT2D eigenvalue weighted by molar-refractivity contribution is 5.23. The molecule has 5 rings (SSSR count). The van der Waals surface area contributed by atoms with Crippen LogP contribution in [0, 0.1) is 56.7 Å². The maximum Gasteiger partial charge on any atom is 0.0626 e. The van der Waals surface area contributed by atoms with Crippen molar-refractivity contribution in [2.45, 2.75) is 112 Å². The largest absolute Gasteiger partial charge is 0.396 e. The second kappa shape index (κ2) is 7.32. The molecular formula is C30H50O3. The molecule has 0 aliphatic heterocycles.